The summed E-state index contributed by atoms with van der Waals surface area (Å²) >= 11 is 0. The Morgan fingerprint density at radius 1 is 1.17 bits per heavy atom. The van der Waals surface area contributed by atoms with Gasteiger partial charge in [0.25, 0.3) is 0 Å². The normalized spacial score (nSPS) is 14.1. The van der Waals surface area contributed by atoms with Crippen molar-refractivity contribution in [2.45, 2.75) is 19.1 Å². The van der Waals surface area contributed by atoms with Crippen LogP contribution in [0, 0.1) is 0 Å². The number of anilines is 1. The van der Waals surface area contributed by atoms with Crippen molar-refractivity contribution in [3.05, 3.63) is 42.5 Å². The van der Waals surface area contributed by atoms with Crippen molar-refractivity contribution in [2.75, 3.05) is 5.32 Å². The minimum Gasteiger partial charge on any atom is -0.480 e. The number of carboxylic acid groups (broad SMARTS) is 1. The minimum absolute atomic E-state index is 0.682. The minimum atomic E-state index is -1.07. The molecule has 0 saturated carbocycles. The predicted octanol–water partition coefficient (Wildman–Crippen LogP) is 2.09. The summed E-state index contributed by atoms with van der Waals surface area (Å²) in [5, 5.41) is 23.3. The molecule has 0 saturated heterocycles. The van der Waals surface area contributed by atoms with Gasteiger partial charge in [-0.3, -0.25) is 0 Å². The highest BCUT2D eigenvalue weighted by Crippen LogP contribution is 2.19. The first-order chi connectivity index (χ1) is 8.58. The second kappa shape index (κ2) is 5.06. The van der Waals surface area contributed by atoms with E-state index >= 15 is 0 Å². The fourth-order valence-corrected chi connectivity index (χ4v) is 1.85. The van der Waals surface area contributed by atoms with Gasteiger partial charge >= 0.3 is 5.97 Å². The van der Waals surface area contributed by atoms with E-state index in [1.54, 1.807) is 6.07 Å². The number of aliphatic hydroxyl groups excluding tert-OH is 1. The van der Waals surface area contributed by atoms with Gasteiger partial charge in [0, 0.05) is 5.69 Å². The summed E-state index contributed by atoms with van der Waals surface area (Å²) < 4.78 is 0. The molecule has 0 aliphatic rings. The summed E-state index contributed by atoms with van der Waals surface area (Å²) in [7, 11) is 0. The van der Waals surface area contributed by atoms with Gasteiger partial charge in [-0.25, -0.2) is 4.79 Å². The molecule has 2 aromatic rings. The molecule has 18 heavy (non-hydrogen) atoms. The summed E-state index contributed by atoms with van der Waals surface area (Å²) in [4.78, 5) is 11.0. The third-order valence-electron chi connectivity index (χ3n) is 2.82. The van der Waals surface area contributed by atoms with Crippen LogP contribution in [0.2, 0.25) is 0 Å². The molecule has 0 radical (unpaired) electrons. The second-order valence-corrected chi connectivity index (χ2v) is 4.26. The first-order valence-electron chi connectivity index (χ1n) is 5.74. The molecule has 0 fully saturated rings. The van der Waals surface area contributed by atoms with Gasteiger partial charge in [-0.15, -0.1) is 0 Å². The lowest BCUT2D eigenvalue weighted by atomic mass is 10.1. The van der Waals surface area contributed by atoms with Crippen LogP contribution in [0.4, 0.5) is 5.69 Å². The maximum Gasteiger partial charge on any atom is 0.328 e. The maximum atomic E-state index is 11.0. The Morgan fingerprint density at radius 2 is 1.83 bits per heavy atom. The maximum absolute atomic E-state index is 11.0. The molecular formula is C14H15NO3. The number of carboxylic acids is 1. The molecule has 2 rings (SSSR count). The average Bonchev–Trinajstić information content (AvgIpc) is 2.35. The van der Waals surface area contributed by atoms with Crippen LogP contribution in [0.5, 0.6) is 0 Å². The zero-order valence-corrected chi connectivity index (χ0v) is 10.00. The molecule has 4 nitrogen and oxygen atoms in total. The van der Waals surface area contributed by atoms with Crippen molar-refractivity contribution in [1.29, 1.82) is 0 Å². The first-order valence-corrected chi connectivity index (χ1v) is 5.74. The fourth-order valence-electron chi connectivity index (χ4n) is 1.85. The Labute approximate surface area is 105 Å². The molecule has 2 aromatic carbocycles. The van der Waals surface area contributed by atoms with Crippen molar-refractivity contribution in [1.82, 2.24) is 0 Å². The van der Waals surface area contributed by atoms with E-state index in [0.29, 0.717) is 5.69 Å². The third-order valence-corrected chi connectivity index (χ3v) is 2.82. The first kappa shape index (κ1) is 12.4. The summed E-state index contributed by atoms with van der Waals surface area (Å²) in [6.07, 6.45) is -0.964. The number of carbonyl (C=O) groups is 1. The van der Waals surface area contributed by atoms with Gasteiger partial charge in [-0.2, -0.15) is 0 Å². The Bertz CT molecular complexity index is 566. The smallest absolute Gasteiger partial charge is 0.328 e. The highest BCUT2D eigenvalue weighted by atomic mass is 16.4. The molecule has 4 heteroatoms. The summed E-state index contributed by atoms with van der Waals surface area (Å²) in [6.45, 7) is 1.45. The lowest BCUT2D eigenvalue weighted by Crippen LogP contribution is -2.38. The van der Waals surface area contributed by atoms with Crippen LogP contribution in [-0.4, -0.2) is 28.3 Å². The Morgan fingerprint density at radius 3 is 2.44 bits per heavy atom. The van der Waals surface area contributed by atoms with E-state index in [0.717, 1.165) is 10.8 Å². The van der Waals surface area contributed by atoms with Crippen molar-refractivity contribution < 1.29 is 15.0 Å². The topological polar surface area (TPSA) is 69.6 Å². The van der Waals surface area contributed by atoms with E-state index in [2.05, 4.69) is 5.32 Å². The van der Waals surface area contributed by atoms with Gasteiger partial charge in [0.2, 0.25) is 0 Å². The molecule has 3 N–H and O–H groups in total. The van der Waals surface area contributed by atoms with Crippen molar-refractivity contribution in [2.24, 2.45) is 0 Å². The molecule has 0 spiro atoms. The molecule has 2 atom stereocenters. The summed E-state index contributed by atoms with van der Waals surface area (Å²) in [6, 6.07) is 12.4. The lowest BCUT2D eigenvalue weighted by molar-refractivity contribution is -0.140. The van der Waals surface area contributed by atoms with E-state index < -0.39 is 18.1 Å². The molecule has 0 aliphatic carbocycles. The second-order valence-electron chi connectivity index (χ2n) is 4.26. The molecule has 0 amide bonds. The van der Waals surface area contributed by atoms with Crippen molar-refractivity contribution >= 4 is 22.4 Å². The van der Waals surface area contributed by atoms with Gasteiger partial charge in [-0.05, 0) is 29.8 Å². The van der Waals surface area contributed by atoms with Crippen LogP contribution >= 0.6 is 0 Å². The monoisotopic (exact) mass is 245 g/mol. The summed E-state index contributed by atoms with van der Waals surface area (Å²) in [5.74, 6) is -1.07. The standard InChI is InChI=1S/C14H15NO3/c1-9(16)13(14(17)18)15-12-7-6-10-4-2-3-5-11(10)8-12/h2-9,13,15-16H,1H3,(H,17,18)/t9-,13+/m1/s1. The van der Waals surface area contributed by atoms with Crippen LogP contribution in [0.3, 0.4) is 0 Å². The fraction of sp³-hybridized carbons (Fsp3) is 0.214. The quantitative estimate of drug-likeness (QED) is 0.771. The van der Waals surface area contributed by atoms with Crippen LogP contribution < -0.4 is 5.32 Å². The Kier molecular flexibility index (Phi) is 3.48. The molecule has 0 aliphatic heterocycles. The number of nitrogens with one attached hydrogen (secondary N) is 1. The van der Waals surface area contributed by atoms with E-state index in [4.69, 9.17) is 5.11 Å². The average molecular weight is 245 g/mol. The molecule has 0 heterocycles. The van der Waals surface area contributed by atoms with E-state index in [1.807, 2.05) is 36.4 Å². The van der Waals surface area contributed by atoms with Crippen LogP contribution in [0.15, 0.2) is 42.5 Å². The van der Waals surface area contributed by atoms with Gasteiger partial charge in [0.1, 0.15) is 0 Å². The molecule has 0 aromatic heterocycles. The number of hydrogen-bond acceptors (Lipinski definition) is 3. The Hall–Kier alpha value is -2.07. The van der Waals surface area contributed by atoms with Gasteiger partial charge < -0.3 is 15.5 Å². The number of rotatable bonds is 4. The number of aliphatic carboxylic acids is 1. The molecule has 94 valence electrons. The number of hydrogen-bond donors (Lipinski definition) is 3. The third kappa shape index (κ3) is 2.60. The zero-order chi connectivity index (χ0) is 13.1. The van der Waals surface area contributed by atoms with E-state index in [-0.39, 0.29) is 0 Å². The molecule has 0 bridgehead atoms. The van der Waals surface area contributed by atoms with E-state index in [9.17, 15) is 9.90 Å². The van der Waals surface area contributed by atoms with Crippen molar-refractivity contribution in [3.63, 3.8) is 0 Å². The predicted molar refractivity (Wildman–Crippen MR) is 70.7 cm³/mol. The Balaban J connectivity index is 2.28. The number of fused-ring (bicyclic) bond motifs is 1. The highest BCUT2D eigenvalue weighted by Gasteiger charge is 2.22. The van der Waals surface area contributed by atoms with Gasteiger partial charge in [0.15, 0.2) is 6.04 Å². The van der Waals surface area contributed by atoms with Crippen LogP contribution in [0.1, 0.15) is 6.92 Å². The summed E-state index contributed by atoms with van der Waals surface area (Å²) in [5.41, 5.74) is 0.682. The van der Waals surface area contributed by atoms with Gasteiger partial charge in [0.05, 0.1) is 6.10 Å². The molecular weight excluding hydrogens is 230 g/mol. The molecule has 0 unspecified atom stereocenters. The van der Waals surface area contributed by atoms with E-state index in [1.165, 1.54) is 6.92 Å². The van der Waals surface area contributed by atoms with Crippen LogP contribution in [0.25, 0.3) is 10.8 Å². The SMILES string of the molecule is C[C@@H](O)[C@H](Nc1ccc2ccccc2c1)C(=O)O. The zero-order valence-electron chi connectivity index (χ0n) is 10.00. The largest absolute Gasteiger partial charge is 0.480 e. The number of benzene rings is 2. The highest BCUT2D eigenvalue weighted by molar-refractivity contribution is 5.86. The van der Waals surface area contributed by atoms with Crippen LogP contribution in [-0.2, 0) is 4.79 Å². The lowest BCUT2D eigenvalue weighted by Gasteiger charge is -2.18. The van der Waals surface area contributed by atoms with Crippen molar-refractivity contribution in [3.8, 4) is 0 Å². The van der Waals surface area contributed by atoms with Gasteiger partial charge in [-0.1, -0.05) is 30.3 Å². The number of aliphatic hydroxyl groups is 1.